The molecule has 3 aromatic carbocycles. The summed E-state index contributed by atoms with van der Waals surface area (Å²) in [5, 5.41) is 5.12. The minimum atomic E-state index is 0. The predicted octanol–water partition coefficient (Wildman–Crippen LogP) is 4.10. The minimum absolute atomic E-state index is 0. The van der Waals surface area contributed by atoms with Gasteiger partial charge in [0.2, 0.25) is 0 Å². The minimum Gasteiger partial charge on any atom is -0.142 e. The molecule has 81 valence electrons. The topological polar surface area (TPSA) is 0 Å². The van der Waals surface area contributed by atoms with Crippen LogP contribution in [0.5, 0.6) is 0 Å². The molecule has 0 spiro atoms. The van der Waals surface area contributed by atoms with Gasteiger partial charge in [0.25, 0.3) is 0 Å². The van der Waals surface area contributed by atoms with Crippen molar-refractivity contribution in [2.24, 2.45) is 0 Å². The van der Waals surface area contributed by atoms with E-state index in [-0.39, 0.29) is 20.1 Å². The van der Waals surface area contributed by atoms with Crippen molar-refractivity contribution < 1.29 is 20.1 Å². The maximum atomic E-state index is 3.43. The SMILES string of the molecule is Cc1[c-]c2ccccc2c2ccccc12.[Ir]. The molecule has 3 rings (SSSR count). The van der Waals surface area contributed by atoms with Crippen molar-refractivity contribution >= 4 is 21.5 Å². The normalized spacial score (nSPS) is 10.3. The molecule has 0 nitrogen and oxygen atoms in total. The van der Waals surface area contributed by atoms with Crippen molar-refractivity contribution in [3.63, 3.8) is 0 Å². The number of rotatable bonds is 0. The smallest absolute Gasteiger partial charge is 0 e. The van der Waals surface area contributed by atoms with Gasteiger partial charge in [0, 0.05) is 20.1 Å². The Labute approximate surface area is 109 Å². The van der Waals surface area contributed by atoms with E-state index in [0.29, 0.717) is 0 Å². The summed E-state index contributed by atoms with van der Waals surface area (Å²) in [6, 6.07) is 20.4. The molecule has 0 atom stereocenters. The van der Waals surface area contributed by atoms with Gasteiger partial charge in [-0.1, -0.05) is 54.1 Å². The van der Waals surface area contributed by atoms with Crippen LogP contribution in [0, 0.1) is 13.0 Å². The second-order valence-corrected chi connectivity index (χ2v) is 3.84. The number of benzene rings is 3. The van der Waals surface area contributed by atoms with E-state index >= 15 is 0 Å². The van der Waals surface area contributed by atoms with Crippen molar-refractivity contribution in [1.29, 1.82) is 0 Å². The van der Waals surface area contributed by atoms with E-state index in [4.69, 9.17) is 0 Å². The summed E-state index contributed by atoms with van der Waals surface area (Å²) in [6.07, 6.45) is 0. The Bertz CT molecular complexity index is 641. The summed E-state index contributed by atoms with van der Waals surface area (Å²) in [6.45, 7) is 2.12. The van der Waals surface area contributed by atoms with Crippen LogP contribution in [0.4, 0.5) is 0 Å². The molecule has 0 saturated carbocycles. The monoisotopic (exact) mass is 384 g/mol. The summed E-state index contributed by atoms with van der Waals surface area (Å²) in [4.78, 5) is 0. The largest absolute Gasteiger partial charge is 0.142 e. The van der Waals surface area contributed by atoms with E-state index in [1.54, 1.807) is 0 Å². The molecular weight excluding hydrogens is 372 g/mol. The third-order valence-corrected chi connectivity index (χ3v) is 2.87. The van der Waals surface area contributed by atoms with E-state index < -0.39 is 0 Å². The Hall–Kier alpha value is -1.17. The fourth-order valence-electron chi connectivity index (χ4n) is 2.14. The van der Waals surface area contributed by atoms with Gasteiger partial charge in [-0.25, -0.2) is 0 Å². The molecule has 0 bridgehead atoms. The Kier molecular flexibility index (Phi) is 3.09. The molecular formula is C15H11Ir-. The summed E-state index contributed by atoms with van der Waals surface area (Å²) in [5.74, 6) is 0. The third-order valence-electron chi connectivity index (χ3n) is 2.87. The third kappa shape index (κ3) is 1.67. The van der Waals surface area contributed by atoms with Crippen LogP contribution in [-0.4, -0.2) is 0 Å². The van der Waals surface area contributed by atoms with E-state index in [2.05, 4.69) is 61.5 Å². The van der Waals surface area contributed by atoms with Gasteiger partial charge in [-0.05, 0) is 0 Å². The van der Waals surface area contributed by atoms with Gasteiger partial charge in [0.05, 0.1) is 0 Å². The summed E-state index contributed by atoms with van der Waals surface area (Å²) in [7, 11) is 0. The fraction of sp³-hybridized carbons (Fsp3) is 0.0667. The average molecular weight is 383 g/mol. The van der Waals surface area contributed by atoms with E-state index in [1.165, 1.54) is 27.1 Å². The molecule has 0 N–H and O–H groups in total. The van der Waals surface area contributed by atoms with Crippen LogP contribution in [0.1, 0.15) is 5.56 Å². The molecule has 16 heavy (non-hydrogen) atoms. The fourth-order valence-corrected chi connectivity index (χ4v) is 2.14. The first-order valence-corrected chi connectivity index (χ1v) is 5.15. The van der Waals surface area contributed by atoms with E-state index in [0.717, 1.165) is 0 Å². The molecule has 0 fully saturated rings. The van der Waals surface area contributed by atoms with Crippen LogP contribution >= 0.6 is 0 Å². The first kappa shape index (κ1) is 11.3. The van der Waals surface area contributed by atoms with Crippen LogP contribution in [0.15, 0.2) is 48.5 Å². The molecule has 1 radical (unpaired) electrons. The molecule has 0 aromatic heterocycles. The zero-order valence-corrected chi connectivity index (χ0v) is 11.3. The van der Waals surface area contributed by atoms with E-state index in [1.807, 2.05) is 0 Å². The van der Waals surface area contributed by atoms with Crippen molar-refractivity contribution in [2.45, 2.75) is 6.92 Å². The van der Waals surface area contributed by atoms with E-state index in [9.17, 15) is 0 Å². The van der Waals surface area contributed by atoms with Crippen molar-refractivity contribution in [3.05, 3.63) is 60.2 Å². The van der Waals surface area contributed by atoms with Gasteiger partial charge in [0.1, 0.15) is 0 Å². The van der Waals surface area contributed by atoms with Gasteiger partial charge in [-0.2, -0.15) is 0 Å². The Morgan fingerprint density at radius 2 is 1.31 bits per heavy atom. The summed E-state index contributed by atoms with van der Waals surface area (Å²) < 4.78 is 0. The first-order valence-electron chi connectivity index (χ1n) is 5.15. The zero-order chi connectivity index (χ0) is 10.3. The van der Waals surface area contributed by atoms with Gasteiger partial charge < -0.3 is 0 Å². The molecule has 0 unspecified atom stereocenters. The number of aryl methyl sites for hydroxylation is 1. The quantitative estimate of drug-likeness (QED) is 0.405. The Morgan fingerprint density at radius 3 is 2.06 bits per heavy atom. The predicted molar refractivity (Wildman–Crippen MR) is 65.0 cm³/mol. The maximum absolute atomic E-state index is 3.43. The molecule has 0 aliphatic rings. The molecule has 0 aliphatic heterocycles. The van der Waals surface area contributed by atoms with Gasteiger partial charge in [0.15, 0.2) is 0 Å². The molecule has 3 aromatic rings. The van der Waals surface area contributed by atoms with Crippen LogP contribution in [0.2, 0.25) is 0 Å². The molecule has 1 heteroatoms. The van der Waals surface area contributed by atoms with Crippen molar-refractivity contribution in [3.8, 4) is 0 Å². The van der Waals surface area contributed by atoms with Crippen LogP contribution in [-0.2, 0) is 20.1 Å². The summed E-state index contributed by atoms with van der Waals surface area (Å²) >= 11 is 0. The number of hydrogen-bond acceptors (Lipinski definition) is 0. The van der Waals surface area contributed by atoms with Gasteiger partial charge in [-0.3, -0.25) is 0 Å². The van der Waals surface area contributed by atoms with Crippen LogP contribution < -0.4 is 0 Å². The van der Waals surface area contributed by atoms with Crippen LogP contribution in [0.3, 0.4) is 0 Å². The van der Waals surface area contributed by atoms with Gasteiger partial charge >= 0.3 is 0 Å². The van der Waals surface area contributed by atoms with Gasteiger partial charge in [-0.15, -0.1) is 34.5 Å². The Balaban J connectivity index is 0.000000963. The van der Waals surface area contributed by atoms with Crippen molar-refractivity contribution in [2.75, 3.05) is 0 Å². The molecule has 0 aliphatic carbocycles. The standard InChI is InChI=1S/C15H11.Ir/c1-11-10-12-6-2-3-8-14(12)15-9-5-4-7-13(11)15;/h2-9H,1H3;/q-1;. The number of fused-ring (bicyclic) bond motifs is 3. The summed E-state index contributed by atoms with van der Waals surface area (Å²) in [5.41, 5.74) is 1.23. The maximum Gasteiger partial charge on any atom is 0 e. The number of hydrogen-bond donors (Lipinski definition) is 0. The molecule has 0 heterocycles. The average Bonchev–Trinajstić information content (AvgIpc) is 2.30. The first-order chi connectivity index (χ1) is 7.36. The molecule has 0 amide bonds. The molecule has 0 saturated heterocycles. The Morgan fingerprint density at radius 1 is 0.750 bits per heavy atom. The van der Waals surface area contributed by atoms with Crippen molar-refractivity contribution in [1.82, 2.24) is 0 Å². The second-order valence-electron chi connectivity index (χ2n) is 3.84. The van der Waals surface area contributed by atoms with Crippen LogP contribution in [0.25, 0.3) is 21.5 Å². The second kappa shape index (κ2) is 4.37. The zero-order valence-electron chi connectivity index (χ0n) is 8.95.